The molecule has 17 heavy (non-hydrogen) atoms. The maximum absolute atomic E-state index is 5.70. The number of hydrogen-bond donors (Lipinski definition) is 2. The normalized spacial score (nSPS) is 12.9. The lowest BCUT2D eigenvalue weighted by molar-refractivity contribution is 0.467. The van der Waals surface area contributed by atoms with E-state index in [2.05, 4.69) is 35.1 Å². The molecule has 1 unspecified atom stereocenters. The summed E-state index contributed by atoms with van der Waals surface area (Å²) in [5.74, 6) is 6.26. The van der Waals surface area contributed by atoms with Crippen molar-refractivity contribution < 1.29 is 0 Å². The van der Waals surface area contributed by atoms with Crippen LogP contribution in [0, 0.1) is 0 Å². The fourth-order valence-corrected chi connectivity index (χ4v) is 2.10. The number of aromatic nitrogens is 2. The van der Waals surface area contributed by atoms with E-state index < -0.39 is 0 Å². The van der Waals surface area contributed by atoms with E-state index >= 15 is 0 Å². The summed E-state index contributed by atoms with van der Waals surface area (Å²) >= 11 is 5.70. The third kappa shape index (κ3) is 4.30. The maximum atomic E-state index is 5.70. The third-order valence-electron chi connectivity index (χ3n) is 2.95. The van der Waals surface area contributed by atoms with E-state index in [0.29, 0.717) is 5.88 Å². The Balaban J connectivity index is 2.67. The highest BCUT2D eigenvalue weighted by Crippen LogP contribution is 2.11. The van der Waals surface area contributed by atoms with Gasteiger partial charge < -0.3 is 0 Å². The fraction of sp³-hybridized carbons (Fsp3) is 0.750. The molecule has 1 atom stereocenters. The summed E-state index contributed by atoms with van der Waals surface area (Å²) in [7, 11) is 0. The zero-order valence-electron chi connectivity index (χ0n) is 10.7. The first-order valence-corrected chi connectivity index (χ1v) is 6.86. The minimum atomic E-state index is 0.278. The van der Waals surface area contributed by atoms with Gasteiger partial charge in [0.05, 0.1) is 5.69 Å². The van der Waals surface area contributed by atoms with Crippen LogP contribution in [0.2, 0.25) is 0 Å². The van der Waals surface area contributed by atoms with E-state index in [4.69, 9.17) is 17.4 Å². The van der Waals surface area contributed by atoms with E-state index in [1.807, 2.05) is 0 Å². The van der Waals surface area contributed by atoms with Gasteiger partial charge in [0, 0.05) is 30.6 Å². The molecule has 1 rings (SSSR count). The smallest absolute Gasteiger partial charge is 0.0624 e. The fourth-order valence-electron chi connectivity index (χ4n) is 1.95. The number of hydrogen-bond acceptors (Lipinski definition) is 3. The molecule has 0 aliphatic rings. The maximum Gasteiger partial charge on any atom is 0.0624 e. The molecule has 5 heteroatoms. The molecule has 0 fully saturated rings. The molecule has 0 aromatic carbocycles. The molecule has 4 nitrogen and oxygen atoms in total. The number of halogens is 1. The summed E-state index contributed by atoms with van der Waals surface area (Å²) in [6.07, 6.45) is 3.87. The number of nitrogens with one attached hydrogen (secondary N) is 1. The van der Waals surface area contributed by atoms with Crippen molar-refractivity contribution in [1.82, 2.24) is 15.2 Å². The van der Waals surface area contributed by atoms with Crippen LogP contribution >= 0.6 is 11.6 Å². The summed E-state index contributed by atoms with van der Waals surface area (Å²) in [5.41, 5.74) is 5.26. The summed E-state index contributed by atoms with van der Waals surface area (Å²) in [4.78, 5) is 0. The Bertz CT molecular complexity index is 324. The number of hydrazine groups is 1. The largest absolute Gasteiger partial charge is 0.271 e. The van der Waals surface area contributed by atoms with Crippen molar-refractivity contribution in [3.8, 4) is 0 Å². The van der Waals surface area contributed by atoms with Crippen LogP contribution < -0.4 is 11.3 Å². The molecule has 0 spiro atoms. The number of nitrogens with zero attached hydrogens (tertiary/aromatic N) is 2. The second-order valence-electron chi connectivity index (χ2n) is 4.20. The van der Waals surface area contributed by atoms with Gasteiger partial charge in [-0.3, -0.25) is 16.0 Å². The SMILES string of the molecule is CCc1cc(CC(CCCCl)NN)n(CC)n1. The summed E-state index contributed by atoms with van der Waals surface area (Å²) in [5, 5.41) is 4.54. The van der Waals surface area contributed by atoms with Gasteiger partial charge >= 0.3 is 0 Å². The van der Waals surface area contributed by atoms with Gasteiger partial charge in [0.2, 0.25) is 0 Å². The van der Waals surface area contributed by atoms with E-state index in [1.165, 1.54) is 5.69 Å². The zero-order valence-corrected chi connectivity index (χ0v) is 11.5. The van der Waals surface area contributed by atoms with Crippen molar-refractivity contribution >= 4 is 11.6 Å². The van der Waals surface area contributed by atoms with Gasteiger partial charge in [-0.2, -0.15) is 5.10 Å². The van der Waals surface area contributed by atoms with Crippen LogP contribution in [0.25, 0.3) is 0 Å². The first-order chi connectivity index (χ1) is 8.24. The second-order valence-corrected chi connectivity index (χ2v) is 4.57. The van der Waals surface area contributed by atoms with E-state index in [1.54, 1.807) is 0 Å². The minimum Gasteiger partial charge on any atom is -0.271 e. The number of nitrogens with two attached hydrogens (primary N) is 1. The Labute approximate surface area is 108 Å². The van der Waals surface area contributed by atoms with Crippen LogP contribution in [-0.2, 0) is 19.4 Å². The minimum absolute atomic E-state index is 0.278. The topological polar surface area (TPSA) is 55.9 Å². The Morgan fingerprint density at radius 2 is 2.29 bits per heavy atom. The molecule has 0 amide bonds. The summed E-state index contributed by atoms with van der Waals surface area (Å²) in [6, 6.07) is 2.45. The Morgan fingerprint density at radius 1 is 1.53 bits per heavy atom. The highest BCUT2D eigenvalue weighted by atomic mass is 35.5. The van der Waals surface area contributed by atoms with Crippen molar-refractivity contribution in [2.24, 2.45) is 5.84 Å². The Hall–Kier alpha value is -0.580. The first-order valence-electron chi connectivity index (χ1n) is 6.32. The molecule has 1 heterocycles. The molecule has 0 aliphatic heterocycles. The van der Waals surface area contributed by atoms with E-state index in [-0.39, 0.29) is 6.04 Å². The molecule has 0 radical (unpaired) electrons. The molecule has 1 aromatic rings. The van der Waals surface area contributed by atoms with Crippen LogP contribution in [0.15, 0.2) is 6.07 Å². The first kappa shape index (κ1) is 14.5. The van der Waals surface area contributed by atoms with Gasteiger partial charge in [-0.25, -0.2) is 0 Å². The summed E-state index contributed by atoms with van der Waals surface area (Å²) in [6.45, 7) is 5.14. The lowest BCUT2D eigenvalue weighted by atomic mass is 10.1. The Morgan fingerprint density at radius 3 is 2.82 bits per heavy atom. The molecular weight excluding hydrogens is 236 g/mol. The molecule has 3 N–H and O–H groups in total. The Kier molecular flexibility index (Phi) is 6.55. The molecule has 0 aliphatic carbocycles. The van der Waals surface area contributed by atoms with Crippen LogP contribution in [-0.4, -0.2) is 21.7 Å². The molecule has 0 saturated heterocycles. The molecule has 1 aromatic heterocycles. The molecular formula is C12H23ClN4. The standard InChI is InChI=1S/C12H23ClN4/c1-3-10-8-12(17(4-2)16-10)9-11(15-14)6-5-7-13/h8,11,15H,3-7,9,14H2,1-2H3. The average molecular weight is 259 g/mol. The van der Waals surface area contributed by atoms with Gasteiger partial charge in [0.15, 0.2) is 0 Å². The monoisotopic (exact) mass is 258 g/mol. The average Bonchev–Trinajstić information content (AvgIpc) is 2.76. The number of aryl methyl sites for hydroxylation is 2. The van der Waals surface area contributed by atoms with Crippen molar-refractivity contribution in [3.05, 3.63) is 17.5 Å². The summed E-state index contributed by atoms with van der Waals surface area (Å²) < 4.78 is 2.06. The number of alkyl halides is 1. The zero-order chi connectivity index (χ0) is 12.7. The van der Waals surface area contributed by atoms with Crippen LogP contribution in [0.1, 0.15) is 38.1 Å². The molecule has 0 saturated carbocycles. The lowest BCUT2D eigenvalue weighted by Gasteiger charge is -2.15. The van der Waals surface area contributed by atoms with Gasteiger partial charge in [-0.15, -0.1) is 11.6 Å². The predicted octanol–water partition coefficient (Wildman–Crippen LogP) is 1.86. The van der Waals surface area contributed by atoms with E-state index in [0.717, 1.165) is 37.9 Å². The highest BCUT2D eigenvalue weighted by Gasteiger charge is 2.12. The van der Waals surface area contributed by atoms with Crippen molar-refractivity contribution in [2.45, 2.75) is 52.1 Å². The highest BCUT2D eigenvalue weighted by molar-refractivity contribution is 6.17. The van der Waals surface area contributed by atoms with Crippen LogP contribution in [0.5, 0.6) is 0 Å². The van der Waals surface area contributed by atoms with Gasteiger partial charge in [0.25, 0.3) is 0 Å². The molecule has 98 valence electrons. The van der Waals surface area contributed by atoms with Crippen LogP contribution in [0.3, 0.4) is 0 Å². The van der Waals surface area contributed by atoms with Gasteiger partial charge in [0.1, 0.15) is 0 Å². The van der Waals surface area contributed by atoms with E-state index in [9.17, 15) is 0 Å². The lowest BCUT2D eigenvalue weighted by Crippen LogP contribution is -2.37. The van der Waals surface area contributed by atoms with Crippen LogP contribution in [0.4, 0.5) is 0 Å². The van der Waals surface area contributed by atoms with Crippen molar-refractivity contribution in [2.75, 3.05) is 5.88 Å². The predicted molar refractivity (Wildman–Crippen MR) is 72.0 cm³/mol. The third-order valence-corrected chi connectivity index (χ3v) is 3.22. The quantitative estimate of drug-likeness (QED) is 0.425. The van der Waals surface area contributed by atoms with Gasteiger partial charge in [-0.05, 0) is 32.3 Å². The van der Waals surface area contributed by atoms with Crippen molar-refractivity contribution in [1.29, 1.82) is 0 Å². The number of rotatable bonds is 8. The van der Waals surface area contributed by atoms with Crippen molar-refractivity contribution in [3.63, 3.8) is 0 Å². The second kappa shape index (κ2) is 7.69. The van der Waals surface area contributed by atoms with Gasteiger partial charge in [-0.1, -0.05) is 6.92 Å². The molecule has 0 bridgehead atoms.